The number of aryl methyl sites for hydroxylation is 1. The summed E-state index contributed by atoms with van der Waals surface area (Å²) in [5.41, 5.74) is 2.91. The van der Waals surface area contributed by atoms with E-state index in [1.165, 1.54) is 5.56 Å². The van der Waals surface area contributed by atoms with Gasteiger partial charge in [0.25, 0.3) is 0 Å². The van der Waals surface area contributed by atoms with Crippen LogP contribution in [0.15, 0.2) is 42.5 Å². The Morgan fingerprint density at radius 2 is 1.88 bits per heavy atom. The molecule has 2 aromatic rings. The molecule has 2 rings (SSSR count). The molecule has 0 aliphatic carbocycles. The molecular weight excluding hydrogens is 302 g/mol. The molecule has 0 bridgehead atoms. The molecular formula is C20H25NO3. The summed E-state index contributed by atoms with van der Waals surface area (Å²) in [5, 5.41) is 12.2. The van der Waals surface area contributed by atoms with Gasteiger partial charge in [0.1, 0.15) is 11.5 Å². The van der Waals surface area contributed by atoms with Gasteiger partial charge >= 0.3 is 0 Å². The van der Waals surface area contributed by atoms with Gasteiger partial charge in [0.15, 0.2) is 0 Å². The average molecular weight is 327 g/mol. The van der Waals surface area contributed by atoms with Gasteiger partial charge in [0.2, 0.25) is 6.41 Å². The Labute approximate surface area is 143 Å². The van der Waals surface area contributed by atoms with Crippen molar-refractivity contribution in [1.29, 1.82) is 0 Å². The van der Waals surface area contributed by atoms with Crippen LogP contribution in [0.1, 0.15) is 30.9 Å². The molecule has 2 aromatic carbocycles. The largest absolute Gasteiger partial charge is 0.506 e. The molecule has 0 aromatic heterocycles. The van der Waals surface area contributed by atoms with Gasteiger partial charge in [-0.05, 0) is 60.6 Å². The molecule has 24 heavy (non-hydrogen) atoms. The molecule has 0 unspecified atom stereocenters. The average Bonchev–Trinajstić information content (AvgIpc) is 2.58. The number of benzene rings is 2. The lowest BCUT2D eigenvalue weighted by Crippen LogP contribution is -2.01. The second-order valence-electron chi connectivity index (χ2n) is 6.16. The summed E-state index contributed by atoms with van der Waals surface area (Å²) in [4.78, 5) is 10.5. The highest BCUT2D eigenvalue weighted by atomic mass is 16.5. The van der Waals surface area contributed by atoms with Gasteiger partial charge in [-0.3, -0.25) is 4.79 Å². The molecule has 0 heterocycles. The van der Waals surface area contributed by atoms with Crippen LogP contribution in [0.5, 0.6) is 11.5 Å². The molecule has 128 valence electrons. The Hall–Kier alpha value is -2.49. The number of hydrogen-bond acceptors (Lipinski definition) is 3. The summed E-state index contributed by atoms with van der Waals surface area (Å²) in [7, 11) is 1.68. The van der Waals surface area contributed by atoms with Gasteiger partial charge in [-0.15, -0.1) is 0 Å². The van der Waals surface area contributed by atoms with E-state index in [1.54, 1.807) is 13.2 Å². The van der Waals surface area contributed by atoms with E-state index in [0.29, 0.717) is 18.0 Å². The fourth-order valence-electron chi connectivity index (χ4n) is 2.84. The molecule has 4 heteroatoms. The number of aromatic hydroxyl groups is 1. The first-order valence-electron chi connectivity index (χ1n) is 8.27. The maximum Gasteiger partial charge on any atom is 0.211 e. The van der Waals surface area contributed by atoms with Crippen molar-refractivity contribution in [3.8, 4) is 11.5 Å². The van der Waals surface area contributed by atoms with E-state index in [1.807, 2.05) is 24.3 Å². The highest BCUT2D eigenvalue weighted by Gasteiger charge is 2.06. The van der Waals surface area contributed by atoms with Crippen molar-refractivity contribution < 1.29 is 14.6 Å². The zero-order chi connectivity index (χ0) is 17.4. The van der Waals surface area contributed by atoms with Crippen molar-refractivity contribution >= 4 is 12.1 Å². The third-order valence-electron chi connectivity index (χ3n) is 4.18. The number of carbonyl (C=O) groups excluding carboxylic acids is 1. The molecule has 0 radical (unpaired) electrons. The van der Waals surface area contributed by atoms with E-state index in [-0.39, 0.29) is 5.75 Å². The Bertz CT molecular complexity index is 652. The number of ether oxygens (including phenoxy) is 1. The predicted molar refractivity (Wildman–Crippen MR) is 96.6 cm³/mol. The minimum atomic E-state index is 0.0960. The van der Waals surface area contributed by atoms with Crippen LogP contribution in [0.4, 0.5) is 5.69 Å². The highest BCUT2D eigenvalue weighted by molar-refractivity contribution is 5.75. The van der Waals surface area contributed by atoms with Gasteiger partial charge in [-0.2, -0.15) is 0 Å². The van der Waals surface area contributed by atoms with Crippen LogP contribution in [-0.2, 0) is 17.6 Å². The number of phenols is 1. The van der Waals surface area contributed by atoms with E-state index in [2.05, 4.69) is 24.4 Å². The van der Waals surface area contributed by atoms with Gasteiger partial charge in [0, 0.05) is 0 Å². The monoisotopic (exact) mass is 327 g/mol. The first-order valence-corrected chi connectivity index (χ1v) is 8.27. The van der Waals surface area contributed by atoms with E-state index in [4.69, 9.17) is 4.74 Å². The smallest absolute Gasteiger partial charge is 0.211 e. The van der Waals surface area contributed by atoms with Crippen molar-refractivity contribution in [2.75, 3.05) is 12.4 Å². The molecule has 2 N–H and O–H groups in total. The zero-order valence-corrected chi connectivity index (χ0v) is 14.3. The number of phenolic OH excluding ortho intramolecular Hbond substituents is 1. The van der Waals surface area contributed by atoms with Crippen LogP contribution in [0.3, 0.4) is 0 Å². The highest BCUT2D eigenvalue weighted by Crippen LogP contribution is 2.25. The quantitative estimate of drug-likeness (QED) is 0.537. The topological polar surface area (TPSA) is 58.6 Å². The molecule has 1 amide bonds. The fourth-order valence-corrected chi connectivity index (χ4v) is 2.84. The summed E-state index contributed by atoms with van der Waals surface area (Å²) < 4.78 is 5.18. The van der Waals surface area contributed by atoms with Crippen molar-refractivity contribution in [2.45, 2.75) is 32.6 Å². The maximum atomic E-state index is 10.5. The number of nitrogens with one attached hydrogen (secondary N) is 1. The second-order valence-corrected chi connectivity index (χ2v) is 6.16. The zero-order valence-electron chi connectivity index (χ0n) is 14.3. The van der Waals surface area contributed by atoms with Crippen molar-refractivity contribution in [2.24, 2.45) is 5.92 Å². The molecule has 0 fully saturated rings. The van der Waals surface area contributed by atoms with E-state index in [0.717, 1.165) is 37.0 Å². The number of rotatable bonds is 9. The molecule has 0 saturated carbocycles. The van der Waals surface area contributed by atoms with Gasteiger partial charge in [-0.1, -0.05) is 31.5 Å². The summed E-state index contributed by atoms with van der Waals surface area (Å²) in [6.07, 6.45) is 4.76. The number of methoxy groups -OCH3 is 1. The Morgan fingerprint density at radius 3 is 2.54 bits per heavy atom. The van der Waals surface area contributed by atoms with Crippen LogP contribution in [0, 0.1) is 5.92 Å². The first-order chi connectivity index (χ1) is 11.6. The minimum Gasteiger partial charge on any atom is -0.506 e. The lowest BCUT2D eigenvalue weighted by Gasteiger charge is -2.12. The van der Waals surface area contributed by atoms with Gasteiger partial charge < -0.3 is 15.2 Å². The van der Waals surface area contributed by atoms with Crippen molar-refractivity contribution in [1.82, 2.24) is 0 Å². The molecule has 4 nitrogen and oxygen atoms in total. The second kappa shape index (κ2) is 8.96. The lowest BCUT2D eigenvalue weighted by molar-refractivity contribution is -0.105. The fraction of sp³-hybridized carbons (Fsp3) is 0.350. The Morgan fingerprint density at radius 1 is 1.17 bits per heavy atom. The lowest BCUT2D eigenvalue weighted by atomic mass is 9.94. The molecule has 0 saturated heterocycles. The molecule has 0 aliphatic heterocycles. The van der Waals surface area contributed by atoms with Crippen LogP contribution >= 0.6 is 0 Å². The van der Waals surface area contributed by atoms with Gasteiger partial charge in [0.05, 0.1) is 12.8 Å². The van der Waals surface area contributed by atoms with Crippen molar-refractivity contribution in [3.05, 3.63) is 53.6 Å². The summed E-state index contributed by atoms with van der Waals surface area (Å²) in [6, 6.07) is 13.6. The molecule has 1 atom stereocenters. The molecule has 0 aliphatic rings. The molecule has 0 spiro atoms. The Balaban J connectivity index is 1.80. The normalized spacial score (nSPS) is 11.8. The van der Waals surface area contributed by atoms with Crippen molar-refractivity contribution in [3.63, 3.8) is 0 Å². The van der Waals surface area contributed by atoms with E-state index in [9.17, 15) is 9.90 Å². The first kappa shape index (κ1) is 17.9. The Kier molecular flexibility index (Phi) is 6.67. The third-order valence-corrected chi connectivity index (χ3v) is 4.18. The van der Waals surface area contributed by atoms with Crippen LogP contribution < -0.4 is 10.1 Å². The number of amides is 1. The SMILES string of the molecule is COc1ccc(C[C@@H](C)CCCc2ccc(O)c(NC=O)c2)cc1. The number of anilines is 1. The third kappa shape index (κ3) is 5.30. The van der Waals surface area contributed by atoms with E-state index >= 15 is 0 Å². The van der Waals surface area contributed by atoms with Crippen LogP contribution in [0.25, 0.3) is 0 Å². The standard InChI is InChI=1S/C20H25NO3/c1-15(12-17-6-9-18(24-2)10-7-17)4-3-5-16-8-11-20(23)19(13-16)21-14-22/h6-11,13-15,23H,3-5,12H2,1-2H3,(H,21,22)/t15-/m0/s1. The van der Waals surface area contributed by atoms with E-state index < -0.39 is 0 Å². The summed E-state index contributed by atoms with van der Waals surface area (Å²) in [5.74, 6) is 1.58. The summed E-state index contributed by atoms with van der Waals surface area (Å²) >= 11 is 0. The maximum absolute atomic E-state index is 10.5. The number of carbonyl (C=O) groups is 1. The predicted octanol–water partition coefficient (Wildman–Crippen LogP) is 4.17. The van der Waals surface area contributed by atoms with Crippen LogP contribution in [-0.4, -0.2) is 18.6 Å². The number of hydrogen-bond donors (Lipinski definition) is 2. The van der Waals surface area contributed by atoms with Gasteiger partial charge in [-0.25, -0.2) is 0 Å². The van der Waals surface area contributed by atoms with Crippen LogP contribution in [0.2, 0.25) is 0 Å². The summed E-state index contributed by atoms with van der Waals surface area (Å²) in [6.45, 7) is 2.26. The minimum absolute atomic E-state index is 0.0960.